The van der Waals surface area contributed by atoms with Crippen molar-refractivity contribution >= 4 is 12.0 Å². The number of hydrogen-bond donors (Lipinski definition) is 2. The summed E-state index contributed by atoms with van der Waals surface area (Å²) in [5.74, 6) is 0.592. The number of methoxy groups -OCH3 is 1. The van der Waals surface area contributed by atoms with Gasteiger partial charge in [0.25, 0.3) is 0 Å². The fourth-order valence-electron chi connectivity index (χ4n) is 3.85. The van der Waals surface area contributed by atoms with Crippen LogP contribution in [0, 0.1) is 6.92 Å². The summed E-state index contributed by atoms with van der Waals surface area (Å²) in [6, 6.07) is 2.31. The van der Waals surface area contributed by atoms with Crippen LogP contribution in [0.2, 0.25) is 0 Å². The number of carbonyl (C=O) groups excluding carboxylic acids is 2. The minimum Gasteiger partial charge on any atom is -0.465 e. The molecule has 2 heterocycles. The second kappa shape index (κ2) is 7.91. The van der Waals surface area contributed by atoms with Crippen molar-refractivity contribution in [3.8, 4) is 0 Å². The van der Waals surface area contributed by atoms with Crippen molar-refractivity contribution < 1.29 is 18.7 Å². The third-order valence-corrected chi connectivity index (χ3v) is 5.19. The number of carbonyl (C=O) groups is 2. The van der Waals surface area contributed by atoms with E-state index in [0.29, 0.717) is 23.1 Å². The summed E-state index contributed by atoms with van der Waals surface area (Å²) in [5, 5.41) is 5.83. The van der Waals surface area contributed by atoms with Gasteiger partial charge in [0.05, 0.1) is 13.7 Å². The van der Waals surface area contributed by atoms with Crippen LogP contribution in [-0.4, -0.2) is 49.2 Å². The topological polar surface area (TPSA) is 83.8 Å². The maximum absolute atomic E-state index is 12.1. The molecule has 1 unspecified atom stereocenters. The Bertz CT molecular complexity index is 622. The van der Waals surface area contributed by atoms with Crippen LogP contribution >= 0.6 is 0 Å². The van der Waals surface area contributed by atoms with E-state index in [4.69, 9.17) is 9.15 Å². The van der Waals surface area contributed by atoms with Gasteiger partial charge in [-0.3, -0.25) is 4.90 Å². The van der Waals surface area contributed by atoms with E-state index in [-0.39, 0.29) is 18.6 Å². The Hall–Kier alpha value is -2.02. The number of rotatable bonds is 5. The van der Waals surface area contributed by atoms with Crippen molar-refractivity contribution in [2.45, 2.75) is 57.7 Å². The highest BCUT2D eigenvalue weighted by Gasteiger charge is 2.30. The summed E-state index contributed by atoms with van der Waals surface area (Å²) in [7, 11) is 1.33. The molecule has 1 aromatic heterocycles. The molecule has 7 nitrogen and oxygen atoms in total. The molecule has 0 spiro atoms. The highest BCUT2D eigenvalue weighted by atomic mass is 16.5. The standard InChI is InChI=1S/C18H27N3O4/c1-12-16(17(22)24-2)9-15(25-12)10-19-18(23)20-13-7-8-21(11-13)14-5-3-4-6-14/h9,13-14H,3-8,10-11H2,1-2H3,(H2,19,20,23). The van der Waals surface area contributed by atoms with E-state index in [2.05, 4.69) is 15.5 Å². The quantitative estimate of drug-likeness (QED) is 0.796. The molecule has 2 fully saturated rings. The van der Waals surface area contributed by atoms with Gasteiger partial charge in [0.1, 0.15) is 17.1 Å². The molecule has 0 bridgehead atoms. The van der Waals surface area contributed by atoms with E-state index in [1.807, 2.05) is 0 Å². The summed E-state index contributed by atoms with van der Waals surface area (Å²) in [6.07, 6.45) is 6.24. The summed E-state index contributed by atoms with van der Waals surface area (Å²) in [6.45, 7) is 3.94. The molecule has 2 amide bonds. The molecule has 1 aliphatic heterocycles. The number of aryl methyl sites for hydroxylation is 1. The zero-order valence-electron chi connectivity index (χ0n) is 15.0. The minimum atomic E-state index is -0.435. The van der Waals surface area contributed by atoms with Gasteiger partial charge in [0.15, 0.2) is 0 Å². The van der Waals surface area contributed by atoms with Crippen LogP contribution in [0.15, 0.2) is 10.5 Å². The molecule has 1 atom stereocenters. The van der Waals surface area contributed by atoms with Crippen LogP contribution in [0.3, 0.4) is 0 Å². The Kier molecular flexibility index (Phi) is 5.63. The number of nitrogens with one attached hydrogen (secondary N) is 2. The lowest BCUT2D eigenvalue weighted by atomic mass is 10.2. The van der Waals surface area contributed by atoms with Crippen molar-refractivity contribution in [3.63, 3.8) is 0 Å². The van der Waals surface area contributed by atoms with E-state index in [9.17, 15) is 9.59 Å². The number of urea groups is 1. The number of furan rings is 1. The SMILES string of the molecule is COC(=O)c1cc(CNC(=O)NC2CCN(C3CCCC3)C2)oc1C. The molecule has 1 aliphatic carbocycles. The van der Waals surface area contributed by atoms with Gasteiger partial charge in [0.2, 0.25) is 0 Å². The van der Waals surface area contributed by atoms with Gasteiger partial charge >= 0.3 is 12.0 Å². The maximum Gasteiger partial charge on any atom is 0.341 e. The van der Waals surface area contributed by atoms with Crippen LogP contribution in [0.1, 0.15) is 54.0 Å². The molecule has 7 heteroatoms. The van der Waals surface area contributed by atoms with Gasteiger partial charge in [0, 0.05) is 25.2 Å². The molecule has 0 aromatic carbocycles. The van der Waals surface area contributed by atoms with Crippen LogP contribution in [0.4, 0.5) is 4.79 Å². The van der Waals surface area contributed by atoms with Gasteiger partial charge in [-0.2, -0.15) is 0 Å². The first-order chi connectivity index (χ1) is 12.1. The molecule has 2 N–H and O–H groups in total. The maximum atomic E-state index is 12.1. The largest absolute Gasteiger partial charge is 0.465 e. The lowest BCUT2D eigenvalue weighted by Gasteiger charge is -2.23. The fraction of sp³-hybridized carbons (Fsp3) is 0.667. The number of hydrogen-bond acceptors (Lipinski definition) is 5. The number of esters is 1. The summed E-state index contributed by atoms with van der Waals surface area (Å²) >= 11 is 0. The van der Waals surface area contributed by atoms with Crippen LogP contribution in [0.5, 0.6) is 0 Å². The third-order valence-electron chi connectivity index (χ3n) is 5.19. The van der Waals surface area contributed by atoms with Gasteiger partial charge in [-0.25, -0.2) is 9.59 Å². The first kappa shape index (κ1) is 17.8. The molecule has 0 radical (unpaired) electrons. The Morgan fingerprint density at radius 1 is 1.32 bits per heavy atom. The number of amides is 2. The Morgan fingerprint density at radius 3 is 2.80 bits per heavy atom. The highest BCUT2D eigenvalue weighted by Crippen LogP contribution is 2.26. The van der Waals surface area contributed by atoms with Gasteiger partial charge in [-0.05, 0) is 32.3 Å². The van der Waals surface area contributed by atoms with E-state index in [1.54, 1.807) is 13.0 Å². The second-order valence-electron chi connectivity index (χ2n) is 6.92. The summed E-state index contributed by atoms with van der Waals surface area (Å²) < 4.78 is 10.2. The summed E-state index contributed by atoms with van der Waals surface area (Å²) in [5.41, 5.74) is 0.391. The Balaban J connectivity index is 1.43. The van der Waals surface area contributed by atoms with E-state index < -0.39 is 5.97 Å². The third kappa shape index (κ3) is 4.34. The van der Waals surface area contributed by atoms with Crippen molar-refractivity contribution in [1.29, 1.82) is 0 Å². The molecule has 1 aromatic rings. The monoisotopic (exact) mass is 349 g/mol. The van der Waals surface area contributed by atoms with Crippen molar-refractivity contribution in [2.24, 2.45) is 0 Å². The number of ether oxygens (including phenoxy) is 1. The zero-order valence-corrected chi connectivity index (χ0v) is 15.0. The predicted molar refractivity (Wildman–Crippen MR) is 92.4 cm³/mol. The number of likely N-dealkylation sites (tertiary alicyclic amines) is 1. The first-order valence-corrected chi connectivity index (χ1v) is 9.03. The molecule has 1 saturated heterocycles. The molecule has 25 heavy (non-hydrogen) atoms. The molecule has 138 valence electrons. The van der Waals surface area contributed by atoms with Crippen molar-refractivity contribution in [3.05, 3.63) is 23.2 Å². The first-order valence-electron chi connectivity index (χ1n) is 9.03. The lowest BCUT2D eigenvalue weighted by Crippen LogP contribution is -2.43. The van der Waals surface area contributed by atoms with Crippen molar-refractivity contribution in [1.82, 2.24) is 15.5 Å². The van der Waals surface area contributed by atoms with Crippen LogP contribution in [-0.2, 0) is 11.3 Å². The molecular formula is C18H27N3O4. The van der Waals surface area contributed by atoms with E-state index >= 15 is 0 Å². The molecule has 2 aliphatic rings. The number of nitrogens with zero attached hydrogens (tertiary/aromatic N) is 1. The predicted octanol–water partition coefficient (Wildman–Crippen LogP) is 2.19. The smallest absolute Gasteiger partial charge is 0.341 e. The fourth-order valence-corrected chi connectivity index (χ4v) is 3.85. The molecule has 1 saturated carbocycles. The van der Waals surface area contributed by atoms with Crippen LogP contribution in [0.25, 0.3) is 0 Å². The zero-order chi connectivity index (χ0) is 17.8. The van der Waals surface area contributed by atoms with Gasteiger partial charge in [-0.15, -0.1) is 0 Å². The van der Waals surface area contributed by atoms with Gasteiger partial charge in [-0.1, -0.05) is 12.8 Å². The molecule has 3 rings (SSSR count). The van der Waals surface area contributed by atoms with Crippen LogP contribution < -0.4 is 10.6 Å². The second-order valence-corrected chi connectivity index (χ2v) is 6.92. The van der Waals surface area contributed by atoms with E-state index in [0.717, 1.165) is 19.5 Å². The lowest BCUT2D eigenvalue weighted by molar-refractivity contribution is 0.0598. The van der Waals surface area contributed by atoms with Gasteiger partial charge < -0.3 is 19.8 Å². The van der Waals surface area contributed by atoms with E-state index in [1.165, 1.54) is 32.8 Å². The normalized spacial score (nSPS) is 21.4. The average molecular weight is 349 g/mol. The highest BCUT2D eigenvalue weighted by molar-refractivity contribution is 5.90. The Morgan fingerprint density at radius 2 is 2.08 bits per heavy atom. The molecular weight excluding hydrogens is 322 g/mol. The van der Waals surface area contributed by atoms with Crippen molar-refractivity contribution in [2.75, 3.05) is 20.2 Å². The average Bonchev–Trinajstić information content (AvgIpc) is 3.32. The Labute approximate surface area is 148 Å². The summed E-state index contributed by atoms with van der Waals surface area (Å²) in [4.78, 5) is 26.2. The minimum absolute atomic E-state index is 0.199.